The van der Waals surface area contributed by atoms with Crippen LogP contribution in [0.25, 0.3) is 11.3 Å². The first-order valence-electron chi connectivity index (χ1n) is 8.73. The molecule has 0 spiro atoms. The van der Waals surface area contributed by atoms with E-state index in [0.29, 0.717) is 11.3 Å². The van der Waals surface area contributed by atoms with Crippen molar-refractivity contribution < 1.29 is 13.2 Å². The molecule has 3 aromatic rings. The fourth-order valence-corrected chi connectivity index (χ4v) is 2.80. The highest BCUT2D eigenvalue weighted by Crippen LogP contribution is 2.40. The standard InChI is InChI=1S/C20H19ClF3N5/c1-19(2,3)29-18-26-15(12-6-5-9-25-11-12)10-16(28-18)27-17-13(20(22,23)24)7-4-8-14(17)21/h4-11H,1-3H3,(H2,26,27,28,29). The van der Waals surface area contributed by atoms with Gasteiger partial charge in [-0.3, -0.25) is 4.98 Å². The number of para-hydroxylation sites is 1. The summed E-state index contributed by atoms with van der Waals surface area (Å²) in [6.07, 6.45) is -1.33. The molecule has 2 N–H and O–H groups in total. The third-order valence-electron chi connectivity index (χ3n) is 3.74. The van der Waals surface area contributed by atoms with E-state index < -0.39 is 11.7 Å². The highest BCUT2D eigenvalue weighted by atomic mass is 35.5. The van der Waals surface area contributed by atoms with E-state index in [2.05, 4.69) is 25.6 Å². The molecule has 0 fully saturated rings. The molecule has 0 saturated carbocycles. The van der Waals surface area contributed by atoms with Crippen molar-refractivity contribution in [1.29, 1.82) is 0 Å². The van der Waals surface area contributed by atoms with Gasteiger partial charge in [-0.1, -0.05) is 17.7 Å². The molecule has 2 heterocycles. The number of aromatic nitrogens is 3. The van der Waals surface area contributed by atoms with Crippen molar-refractivity contribution >= 4 is 29.1 Å². The maximum Gasteiger partial charge on any atom is 0.418 e. The van der Waals surface area contributed by atoms with Crippen molar-refractivity contribution in [3.63, 3.8) is 0 Å². The van der Waals surface area contributed by atoms with Gasteiger partial charge in [0.2, 0.25) is 5.95 Å². The molecule has 152 valence electrons. The van der Waals surface area contributed by atoms with Gasteiger partial charge in [-0.05, 0) is 45.0 Å². The second kappa shape index (κ2) is 7.87. The number of alkyl halides is 3. The largest absolute Gasteiger partial charge is 0.418 e. The normalized spacial score (nSPS) is 12.0. The Morgan fingerprint density at radius 1 is 1.00 bits per heavy atom. The van der Waals surface area contributed by atoms with Crippen LogP contribution in [0.5, 0.6) is 0 Å². The van der Waals surface area contributed by atoms with Gasteiger partial charge in [0.05, 0.1) is 22.0 Å². The molecule has 1 aromatic carbocycles. The van der Waals surface area contributed by atoms with Gasteiger partial charge in [0, 0.05) is 29.6 Å². The lowest BCUT2D eigenvalue weighted by atomic mass is 10.1. The van der Waals surface area contributed by atoms with E-state index in [9.17, 15) is 13.2 Å². The summed E-state index contributed by atoms with van der Waals surface area (Å²) in [6, 6.07) is 8.70. The van der Waals surface area contributed by atoms with Crippen LogP contribution in [0.1, 0.15) is 26.3 Å². The molecule has 0 saturated heterocycles. The van der Waals surface area contributed by atoms with E-state index in [4.69, 9.17) is 11.6 Å². The smallest absolute Gasteiger partial charge is 0.350 e. The molecule has 0 bridgehead atoms. The van der Waals surface area contributed by atoms with Crippen molar-refractivity contribution in [3.05, 3.63) is 59.4 Å². The fraction of sp³-hybridized carbons (Fsp3) is 0.250. The second-order valence-electron chi connectivity index (χ2n) is 7.36. The Kier molecular flexibility index (Phi) is 5.66. The second-order valence-corrected chi connectivity index (χ2v) is 7.77. The summed E-state index contributed by atoms with van der Waals surface area (Å²) in [5, 5.41) is 5.80. The number of rotatable bonds is 4. The zero-order chi connectivity index (χ0) is 21.2. The topological polar surface area (TPSA) is 62.7 Å². The Bertz CT molecular complexity index is 1000. The predicted octanol–water partition coefficient (Wildman–Crippen LogP) is 6.16. The summed E-state index contributed by atoms with van der Waals surface area (Å²) in [5.74, 6) is 0.436. The van der Waals surface area contributed by atoms with Crippen molar-refractivity contribution in [1.82, 2.24) is 15.0 Å². The first-order valence-corrected chi connectivity index (χ1v) is 9.11. The minimum Gasteiger partial charge on any atom is -0.350 e. The van der Waals surface area contributed by atoms with Crippen LogP contribution in [0, 0.1) is 0 Å². The number of nitrogens with zero attached hydrogens (tertiary/aromatic N) is 3. The van der Waals surface area contributed by atoms with Crippen LogP contribution < -0.4 is 10.6 Å². The summed E-state index contributed by atoms with van der Waals surface area (Å²) in [4.78, 5) is 12.9. The van der Waals surface area contributed by atoms with Gasteiger partial charge in [0.1, 0.15) is 5.82 Å². The number of hydrogen-bond acceptors (Lipinski definition) is 5. The van der Waals surface area contributed by atoms with Crippen LogP contribution in [0.4, 0.5) is 30.6 Å². The molecule has 3 rings (SSSR count). The Morgan fingerprint density at radius 3 is 2.38 bits per heavy atom. The van der Waals surface area contributed by atoms with Crippen LogP contribution >= 0.6 is 11.6 Å². The van der Waals surface area contributed by atoms with Crippen molar-refractivity contribution in [2.75, 3.05) is 10.6 Å². The summed E-state index contributed by atoms with van der Waals surface area (Å²) in [6.45, 7) is 5.78. The zero-order valence-electron chi connectivity index (χ0n) is 16.0. The van der Waals surface area contributed by atoms with Crippen molar-refractivity contribution in [2.45, 2.75) is 32.5 Å². The molecule has 2 aromatic heterocycles. The molecule has 0 aliphatic carbocycles. The molecule has 9 heteroatoms. The molecule has 0 atom stereocenters. The number of anilines is 3. The van der Waals surface area contributed by atoms with Gasteiger partial charge >= 0.3 is 6.18 Å². The summed E-state index contributed by atoms with van der Waals surface area (Å²) >= 11 is 6.06. The van der Waals surface area contributed by atoms with E-state index >= 15 is 0 Å². The van der Waals surface area contributed by atoms with E-state index in [1.807, 2.05) is 20.8 Å². The molecular weight excluding hydrogens is 403 g/mol. The average Bonchev–Trinajstić information content (AvgIpc) is 2.61. The third kappa shape index (κ3) is 5.35. The Hall–Kier alpha value is -2.87. The average molecular weight is 422 g/mol. The SMILES string of the molecule is CC(C)(C)Nc1nc(Nc2c(Cl)cccc2C(F)(F)F)cc(-c2cccnc2)n1. The Morgan fingerprint density at radius 2 is 1.76 bits per heavy atom. The van der Waals surface area contributed by atoms with Gasteiger partial charge in [-0.15, -0.1) is 0 Å². The molecule has 0 aliphatic rings. The van der Waals surface area contributed by atoms with Gasteiger partial charge in [-0.2, -0.15) is 18.2 Å². The first kappa shape index (κ1) is 20.9. The highest BCUT2D eigenvalue weighted by Gasteiger charge is 2.34. The molecule has 0 unspecified atom stereocenters. The number of nitrogens with one attached hydrogen (secondary N) is 2. The van der Waals surface area contributed by atoms with E-state index in [-0.39, 0.29) is 28.0 Å². The Labute approximate surface area is 171 Å². The zero-order valence-corrected chi connectivity index (χ0v) is 16.7. The lowest BCUT2D eigenvalue weighted by molar-refractivity contribution is -0.136. The van der Waals surface area contributed by atoms with Crippen LogP contribution in [-0.4, -0.2) is 20.5 Å². The van der Waals surface area contributed by atoms with Crippen LogP contribution in [-0.2, 0) is 6.18 Å². The van der Waals surface area contributed by atoms with Crippen LogP contribution in [0.15, 0.2) is 48.8 Å². The van der Waals surface area contributed by atoms with E-state index in [1.54, 1.807) is 30.6 Å². The van der Waals surface area contributed by atoms with Gasteiger partial charge < -0.3 is 10.6 Å². The molecule has 29 heavy (non-hydrogen) atoms. The van der Waals surface area contributed by atoms with E-state index in [1.165, 1.54) is 12.1 Å². The lowest BCUT2D eigenvalue weighted by Gasteiger charge is -2.22. The lowest BCUT2D eigenvalue weighted by Crippen LogP contribution is -2.27. The first-order chi connectivity index (χ1) is 13.5. The quantitative estimate of drug-likeness (QED) is 0.527. The highest BCUT2D eigenvalue weighted by molar-refractivity contribution is 6.33. The maximum absolute atomic E-state index is 13.4. The van der Waals surface area contributed by atoms with Gasteiger partial charge in [0.15, 0.2) is 0 Å². The van der Waals surface area contributed by atoms with Crippen molar-refractivity contribution in [3.8, 4) is 11.3 Å². The van der Waals surface area contributed by atoms with Gasteiger partial charge in [-0.25, -0.2) is 4.98 Å². The molecule has 0 radical (unpaired) electrons. The fourth-order valence-electron chi connectivity index (χ4n) is 2.58. The summed E-state index contributed by atoms with van der Waals surface area (Å²) in [5.41, 5.74) is -0.295. The summed E-state index contributed by atoms with van der Waals surface area (Å²) in [7, 11) is 0. The number of pyridine rings is 1. The Balaban J connectivity index is 2.09. The number of benzene rings is 1. The number of hydrogen-bond donors (Lipinski definition) is 2. The van der Waals surface area contributed by atoms with Crippen molar-refractivity contribution in [2.24, 2.45) is 0 Å². The molecule has 0 aliphatic heterocycles. The predicted molar refractivity (Wildman–Crippen MR) is 108 cm³/mol. The molecular formula is C20H19ClF3N5. The maximum atomic E-state index is 13.4. The van der Waals surface area contributed by atoms with Gasteiger partial charge in [0.25, 0.3) is 0 Å². The minimum atomic E-state index is -4.57. The van der Waals surface area contributed by atoms with E-state index in [0.717, 1.165) is 6.07 Å². The van der Waals surface area contributed by atoms with Crippen LogP contribution in [0.3, 0.4) is 0 Å². The number of halogens is 4. The molecule has 5 nitrogen and oxygen atoms in total. The summed E-state index contributed by atoms with van der Waals surface area (Å²) < 4.78 is 40.3. The molecule has 0 amide bonds. The minimum absolute atomic E-state index is 0.0632. The monoisotopic (exact) mass is 421 g/mol. The van der Waals surface area contributed by atoms with Crippen LogP contribution in [0.2, 0.25) is 5.02 Å². The third-order valence-corrected chi connectivity index (χ3v) is 4.06.